The first-order valence-electron chi connectivity index (χ1n) is 5.72. The van der Waals surface area contributed by atoms with E-state index < -0.39 is 24.1 Å². The van der Waals surface area contributed by atoms with Crippen molar-refractivity contribution in [2.75, 3.05) is 13.2 Å². The van der Waals surface area contributed by atoms with Crippen LogP contribution in [-0.4, -0.2) is 42.0 Å². The number of halogens is 3. The van der Waals surface area contributed by atoms with Crippen molar-refractivity contribution in [3.05, 3.63) is 0 Å². The maximum absolute atomic E-state index is 11.9. The third-order valence-corrected chi connectivity index (χ3v) is 2.22. The van der Waals surface area contributed by atoms with Crippen molar-refractivity contribution in [2.45, 2.75) is 51.4 Å². The van der Waals surface area contributed by atoms with Gasteiger partial charge in [-0.25, -0.2) is 0 Å². The number of ether oxygens (including phenoxy) is 1. The summed E-state index contributed by atoms with van der Waals surface area (Å²) in [6.07, 6.45) is -5.29. The predicted octanol–water partition coefficient (Wildman–Crippen LogP) is 2.19. The fourth-order valence-corrected chi connectivity index (χ4v) is 1.45. The maximum atomic E-state index is 11.9. The molecule has 0 saturated carbocycles. The van der Waals surface area contributed by atoms with Crippen molar-refractivity contribution in [3.63, 3.8) is 0 Å². The molecule has 0 aromatic rings. The van der Waals surface area contributed by atoms with Gasteiger partial charge in [0.05, 0.1) is 6.61 Å². The second-order valence-electron chi connectivity index (χ2n) is 4.71. The van der Waals surface area contributed by atoms with E-state index in [0.29, 0.717) is 0 Å². The molecule has 0 amide bonds. The van der Waals surface area contributed by atoms with Crippen molar-refractivity contribution in [2.24, 2.45) is 0 Å². The Morgan fingerprint density at radius 2 is 1.94 bits per heavy atom. The predicted molar refractivity (Wildman–Crippen MR) is 60.4 cm³/mol. The van der Waals surface area contributed by atoms with Gasteiger partial charge in [0.1, 0.15) is 5.54 Å². The molecule has 4 nitrogen and oxygen atoms in total. The summed E-state index contributed by atoms with van der Waals surface area (Å²) in [5.74, 6) is -1.09. The second-order valence-corrected chi connectivity index (χ2v) is 4.71. The first-order chi connectivity index (χ1) is 8.07. The number of carboxylic acid groups (broad SMARTS) is 1. The van der Waals surface area contributed by atoms with Crippen molar-refractivity contribution >= 4 is 5.97 Å². The lowest BCUT2D eigenvalue weighted by molar-refractivity contribution is -0.149. The Bertz CT molecular complexity index is 269. The molecule has 0 aliphatic heterocycles. The van der Waals surface area contributed by atoms with Gasteiger partial charge in [0.2, 0.25) is 0 Å². The minimum absolute atomic E-state index is 0.0649. The molecule has 0 aromatic carbocycles. The van der Waals surface area contributed by atoms with Crippen LogP contribution >= 0.6 is 0 Å². The van der Waals surface area contributed by atoms with Crippen LogP contribution in [0.3, 0.4) is 0 Å². The Kier molecular flexibility index (Phi) is 6.62. The lowest BCUT2D eigenvalue weighted by Gasteiger charge is -2.28. The second kappa shape index (κ2) is 6.94. The summed E-state index contributed by atoms with van der Waals surface area (Å²) < 4.78 is 40.6. The molecule has 0 aliphatic carbocycles. The van der Waals surface area contributed by atoms with Gasteiger partial charge in [-0.05, 0) is 27.2 Å². The molecule has 18 heavy (non-hydrogen) atoms. The van der Waals surface area contributed by atoms with Crippen molar-refractivity contribution < 1.29 is 27.8 Å². The van der Waals surface area contributed by atoms with Crippen LogP contribution in [0.2, 0.25) is 0 Å². The molecule has 0 saturated heterocycles. The molecular formula is C11H20F3NO3. The van der Waals surface area contributed by atoms with Gasteiger partial charge in [0.25, 0.3) is 0 Å². The number of aliphatic carboxylic acids is 1. The van der Waals surface area contributed by atoms with Crippen molar-refractivity contribution in [1.29, 1.82) is 0 Å². The molecular weight excluding hydrogens is 251 g/mol. The van der Waals surface area contributed by atoms with Gasteiger partial charge in [0.15, 0.2) is 0 Å². The molecule has 0 fully saturated rings. The first kappa shape index (κ1) is 17.2. The molecule has 1 atom stereocenters. The average molecular weight is 271 g/mol. The van der Waals surface area contributed by atoms with Crippen LogP contribution in [0.4, 0.5) is 13.2 Å². The quantitative estimate of drug-likeness (QED) is 0.664. The standard InChI is InChI=1S/C11H20F3NO3/c1-8(2)15-10(3,9(16)17)7-18-6-4-5-11(12,13)14/h8,15H,4-7H2,1-3H3,(H,16,17). The van der Waals surface area contributed by atoms with E-state index in [0.717, 1.165) is 0 Å². The SMILES string of the molecule is CC(C)NC(C)(COCCCC(F)(F)F)C(=O)O. The van der Waals surface area contributed by atoms with Gasteiger partial charge in [-0.2, -0.15) is 13.2 Å². The number of rotatable bonds is 8. The van der Waals surface area contributed by atoms with E-state index in [2.05, 4.69) is 5.32 Å². The number of hydrogen-bond donors (Lipinski definition) is 2. The largest absolute Gasteiger partial charge is 0.480 e. The lowest BCUT2D eigenvalue weighted by Crippen LogP contribution is -2.55. The number of carboxylic acids is 1. The summed E-state index contributed by atoms with van der Waals surface area (Å²) in [4.78, 5) is 11.1. The summed E-state index contributed by atoms with van der Waals surface area (Å²) in [7, 11) is 0. The average Bonchev–Trinajstić information content (AvgIpc) is 2.13. The molecule has 0 radical (unpaired) electrons. The first-order valence-corrected chi connectivity index (χ1v) is 5.72. The van der Waals surface area contributed by atoms with Crippen molar-refractivity contribution in [3.8, 4) is 0 Å². The monoisotopic (exact) mass is 271 g/mol. The number of hydrogen-bond acceptors (Lipinski definition) is 3. The third kappa shape index (κ3) is 7.50. The summed E-state index contributed by atoms with van der Waals surface area (Å²) in [5, 5.41) is 11.9. The zero-order valence-electron chi connectivity index (χ0n) is 10.8. The molecule has 2 N–H and O–H groups in total. The van der Waals surface area contributed by atoms with E-state index in [1.807, 2.05) is 0 Å². The van der Waals surface area contributed by atoms with Crippen LogP contribution in [0.15, 0.2) is 0 Å². The van der Waals surface area contributed by atoms with Crippen LogP contribution in [0, 0.1) is 0 Å². The van der Waals surface area contributed by atoms with Crippen LogP contribution < -0.4 is 5.32 Å². The Labute approximate surface area is 105 Å². The zero-order chi connectivity index (χ0) is 14.4. The maximum Gasteiger partial charge on any atom is 0.389 e. The van der Waals surface area contributed by atoms with Crippen LogP contribution in [-0.2, 0) is 9.53 Å². The minimum atomic E-state index is -4.20. The van der Waals surface area contributed by atoms with E-state index >= 15 is 0 Å². The van der Waals surface area contributed by atoms with Crippen LogP contribution in [0.1, 0.15) is 33.6 Å². The lowest BCUT2D eigenvalue weighted by atomic mass is 10.0. The number of alkyl halides is 3. The summed E-state index contributed by atoms with van der Waals surface area (Å²) in [6, 6.07) is -0.0649. The molecule has 7 heteroatoms. The molecule has 108 valence electrons. The van der Waals surface area contributed by atoms with E-state index in [-0.39, 0.29) is 25.7 Å². The highest BCUT2D eigenvalue weighted by molar-refractivity contribution is 5.78. The van der Waals surface area contributed by atoms with Crippen LogP contribution in [0.25, 0.3) is 0 Å². The van der Waals surface area contributed by atoms with E-state index in [1.54, 1.807) is 13.8 Å². The van der Waals surface area contributed by atoms with Gasteiger partial charge < -0.3 is 9.84 Å². The minimum Gasteiger partial charge on any atom is -0.480 e. The van der Waals surface area contributed by atoms with Gasteiger partial charge in [-0.1, -0.05) is 0 Å². The Hall–Kier alpha value is -0.820. The van der Waals surface area contributed by atoms with Crippen molar-refractivity contribution in [1.82, 2.24) is 5.32 Å². The highest BCUT2D eigenvalue weighted by atomic mass is 19.4. The van der Waals surface area contributed by atoms with Gasteiger partial charge >= 0.3 is 12.1 Å². The highest BCUT2D eigenvalue weighted by Gasteiger charge is 2.34. The molecule has 0 rings (SSSR count). The van der Waals surface area contributed by atoms with Gasteiger partial charge in [-0.3, -0.25) is 10.1 Å². The molecule has 1 unspecified atom stereocenters. The Morgan fingerprint density at radius 3 is 2.33 bits per heavy atom. The van der Waals surface area contributed by atoms with E-state index in [9.17, 15) is 18.0 Å². The highest BCUT2D eigenvalue weighted by Crippen LogP contribution is 2.21. The van der Waals surface area contributed by atoms with Crippen LogP contribution in [0.5, 0.6) is 0 Å². The fraction of sp³-hybridized carbons (Fsp3) is 0.909. The van der Waals surface area contributed by atoms with E-state index in [4.69, 9.17) is 9.84 Å². The Morgan fingerprint density at radius 1 is 1.39 bits per heavy atom. The van der Waals surface area contributed by atoms with Gasteiger partial charge in [0, 0.05) is 19.1 Å². The smallest absolute Gasteiger partial charge is 0.389 e. The fourth-order valence-electron chi connectivity index (χ4n) is 1.45. The molecule has 0 aliphatic rings. The van der Waals surface area contributed by atoms with Gasteiger partial charge in [-0.15, -0.1) is 0 Å². The Balaban J connectivity index is 4.03. The summed E-state index contributed by atoms with van der Waals surface area (Å²) in [5.41, 5.74) is -1.29. The molecule has 0 aromatic heterocycles. The normalized spacial score (nSPS) is 15.7. The molecule has 0 heterocycles. The number of nitrogens with one attached hydrogen (secondary N) is 1. The number of carbonyl (C=O) groups is 1. The topological polar surface area (TPSA) is 58.6 Å². The molecule has 0 bridgehead atoms. The third-order valence-electron chi connectivity index (χ3n) is 2.22. The molecule has 0 spiro atoms. The summed E-state index contributed by atoms with van der Waals surface area (Å²) >= 11 is 0. The van der Waals surface area contributed by atoms with E-state index in [1.165, 1.54) is 6.92 Å². The summed E-state index contributed by atoms with van der Waals surface area (Å²) in [6.45, 7) is 4.73. The zero-order valence-corrected chi connectivity index (χ0v) is 10.8.